The van der Waals surface area contributed by atoms with E-state index < -0.39 is 0 Å². The van der Waals surface area contributed by atoms with Crippen LogP contribution in [-0.2, 0) is 11.3 Å². The second kappa shape index (κ2) is 8.45. The second-order valence-corrected chi connectivity index (χ2v) is 7.60. The topological polar surface area (TPSA) is 73.0 Å². The van der Waals surface area contributed by atoms with Gasteiger partial charge in [-0.1, -0.05) is 35.5 Å². The van der Waals surface area contributed by atoms with Gasteiger partial charge in [-0.05, 0) is 38.1 Å². The summed E-state index contributed by atoms with van der Waals surface area (Å²) in [5.41, 5.74) is 1.52. The van der Waals surface area contributed by atoms with Crippen molar-refractivity contribution >= 4 is 35.0 Å². The van der Waals surface area contributed by atoms with Gasteiger partial charge in [0.05, 0.1) is 17.1 Å². The zero-order valence-corrected chi connectivity index (χ0v) is 16.5. The van der Waals surface area contributed by atoms with Crippen molar-refractivity contribution < 1.29 is 9.21 Å². The molecule has 1 aromatic carbocycles. The molecule has 140 valence electrons. The summed E-state index contributed by atoms with van der Waals surface area (Å²) in [7, 11) is 0. The van der Waals surface area contributed by atoms with E-state index in [2.05, 4.69) is 22.1 Å². The summed E-state index contributed by atoms with van der Waals surface area (Å²) in [6.45, 7) is 8.02. The molecular formula is C19H19ClN4O2S. The number of thioether (sulfide) groups is 1. The molecule has 0 aliphatic rings. The molecule has 0 aliphatic carbocycles. The van der Waals surface area contributed by atoms with Crippen LogP contribution in [0.25, 0.3) is 11.4 Å². The highest BCUT2D eigenvalue weighted by Gasteiger charge is 2.21. The van der Waals surface area contributed by atoms with Gasteiger partial charge in [-0.3, -0.25) is 9.36 Å². The molecule has 0 aliphatic heterocycles. The third kappa shape index (κ3) is 4.43. The molecule has 0 saturated heterocycles. The number of hydrogen-bond donors (Lipinski definition) is 1. The third-order valence-electron chi connectivity index (χ3n) is 3.87. The molecule has 2 aromatic heterocycles. The highest BCUT2D eigenvalue weighted by Crippen LogP contribution is 2.29. The number of aromatic nitrogens is 3. The van der Waals surface area contributed by atoms with E-state index in [0.717, 1.165) is 11.3 Å². The van der Waals surface area contributed by atoms with E-state index in [0.29, 0.717) is 28.2 Å². The van der Waals surface area contributed by atoms with Crippen molar-refractivity contribution in [1.29, 1.82) is 0 Å². The van der Waals surface area contributed by atoms with E-state index in [1.165, 1.54) is 11.8 Å². The highest BCUT2D eigenvalue weighted by molar-refractivity contribution is 8.00. The summed E-state index contributed by atoms with van der Waals surface area (Å²) in [5, 5.41) is 12.2. The van der Waals surface area contributed by atoms with E-state index >= 15 is 0 Å². The number of carbonyl (C=O) groups excluding carboxylic acids is 1. The lowest BCUT2D eigenvalue weighted by Crippen LogP contribution is -2.23. The first-order chi connectivity index (χ1) is 13.0. The van der Waals surface area contributed by atoms with Crippen LogP contribution in [0.2, 0.25) is 5.02 Å². The summed E-state index contributed by atoms with van der Waals surface area (Å²) >= 11 is 7.29. The summed E-state index contributed by atoms with van der Waals surface area (Å²) in [6.07, 6.45) is 3.38. The first kappa shape index (κ1) is 19.3. The first-order valence-electron chi connectivity index (χ1n) is 8.31. The van der Waals surface area contributed by atoms with Gasteiger partial charge in [0, 0.05) is 17.3 Å². The van der Waals surface area contributed by atoms with Gasteiger partial charge in [0.25, 0.3) is 0 Å². The minimum Gasteiger partial charge on any atom is -0.469 e. The van der Waals surface area contributed by atoms with Gasteiger partial charge in [0.1, 0.15) is 5.76 Å². The normalized spacial score (nSPS) is 12.0. The number of halogens is 1. The number of nitrogens with one attached hydrogen (secondary N) is 1. The minimum atomic E-state index is -0.380. The molecule has 3 rings (SSSR count). The largest absolute Gasteiger partial charge is 0.469 e. The number of rotatable bonds is 7. The van der Waals surface area contributed by atoms with Crippen molar-refractivity contribution in [3.63, 3.8) is 0 Å². The van der Waals surface area contributed by atoms with E-state index in [1.807, 2.05) is 24.5 Å². The fourth-order valence-electron chi connectivity index (χ4n) is 2.51. The predicted octanol–water partition coefficient (Wildman–Crippen LogP) is 4.81. The molecule has 0 bridgehead atoms. The van der Waals surface area contributed by atoms with Crippen LogP contribution in [0.15, 0.2) is 58.8 Å². The van der Waals surface area contributed by atoms with Crippen LogP contribution in [0.4, 0.5) is 5.69 Å². The van der Waals surface area contributed by atoms with Crippen LogP contribution >= 0.6 is 23.4 Å². The molecule has 1 atom stereocenters. The van der Waals surface area contributed by atoms with Crippen LogP contribution < -0.4 is 5.32 Å². The van der Waals surface area contributed by atoms with Crippen LogP contribution in [0.5, 0.6) is 0 Å². The summed E-state index contributed by atoms with van der Waals surface area (Å²) in [5.74, 6) is 1.30. The van der Waals surface area contributed by atoms with Gasteiger partial charge in [-0.25, -0.2) is 0 Å². The van der Waals surface area contributed by atoms with Gasteiger partial charge >= 0.3 is 0 Å². The number of nitrogens with zero attached hydrogens (tertiary/aromatic N) is 3. The first-order valence-corrected chi connectivity index (χ1v) is 9.57. The highest BCUT2D eigenvalue weighted by atomic mass is 35.5. The lowest BCUT2D eigenvalue weighted by Gasteiger charge is -2.13. The third-order valence-corrected chi connectivity index (χ3v) is 5.19. The monoisotopic (exact) mass is 402 g/mol. The molecule has 6 nitrogen and oxygen atoms in total. The molecule has 2 heterocycles. The lowest BCUT2D eigenvalue weighted by atomic mass is 10.2. The summed E-state index contributed by atoms with van der Waals surface area (Å²) in [4.78, 5) is 12.5. The Morgan fingerprint density at radius 2 is 2.26 bits per heavy atom. The number of anilines is 1. The van der Waals surface area contributed by atoms with E-state index in [1.54, 1.807) is 36.6 Å². The van der Waals surface area contributed by atoms with Crippen LogP contribution in [0.1, 0.15) is 12.7 Å². The Balaban J connectivity index is 1.78. The quantitative estimate of drug-likeness (QED) is 0.453. The molecule has 8 heteroatoms. The number of amides is 1. The van der Waals surface area contributed by atoms with Crippen molar-refractivity contribution in [3.05, 3.63) is 60.0 Å². The predicted molar refractivity (Wildman–Crippen MR) is 108 cm³/mol. The van der Waals surface area contributed by atoms with E-state index in [-0.39, 0.29) is 11.2 Å². The number of aryl methyl sites for hydroxylation is 1. The minimum absolute atomic E-state index is 0.142. The molecule has 27 heavy (non-hydrogen) atoms. The Bertz CT molecular complexity index is 966. The summed E-state index contributed by atoms with van der Waals surface area (Å²) < 4.78 is 7.28. The van der Waals surface area contributed by atoms with E-state index in [9.17, 15) is 4.79 Å². The maximum atomic E-state index is 12.5. The van der Waals surface area contributed by atoms with Crippen LogP contribution in [0.3, 0.4) is 0 Å². The fraction of sp³-hybridized carbons (Fsp3) is 0.211. The second-order valence-electron chi connectivity index (χ2n) is 5.86. The Kier molecular flexibility index (Phi) is 6.03. The molecule has 0 fully saturated rings. The van der Waals surface area contributed by atoms with Gasteiger partial charge in [0.15, 0.2) is 11.0 Å². The standard InChI is InChI=1S/C19H19ClN4O2S/c1-4-9-24-17(16-8-10-26-12(16)2)22-23-19(24)27-13(3)18(25)21-15-7-5-6-14(20)11-15/h4-8,10-11,13H,1,9H2,2-3H3,(H,21,25). The van der Waals surface area contributed by atoms with Gasteiger partial charge in [0.2, 0.25) is 5.91 Å². The zero-order valence-electron chi connectivity index (χ0n) is 15.0. The smallest absolute Gasteiger partial charge is 0.237 e. The molecule has 3 aromatic rings. The number of allylic oxidation sites excluding steroid dienone is 1. The van der Waals surface area contributed by atoms with Crippen LogP contribution in [0, 0.1) is 6.92 Å². The van der Waals surface area contributed by atoms with Gasteiger partial charge < -0.3 is 9.73 Å². The number of hydrogen-bond acceptors (Lipinski definition) is 5. The molecular weight excluding hydrogens is 384 g/mol. The Hall–Kier alpha value is -2.51. The average molecular weight is 403 g/mol. The number of carbonyl (C=O) groups is 1. The van der Waals surface area contributed by atoms with Crippen molar-refractivity contribution in [2.75, 3.05) is 5.32 Å². The SMILES string of the molecule is C=CCn1c(SC(C)C(=O)Nc2cccc(Cl)c2)nnc1-c1ccoc1C. The molecule has 1 unspecified atom stereocenters. The zero-order chi connectivity index (χ0) is 19.4. The van der Waals surface area contributed by atoms with Crippen molar-refractivity contribution in [1.82, 2.24) is 14.8 Å². The summed E-state index contributed by atoms with van der Waals surface area (Å²) in [6, 6.07) is 8.89. The van der Waals surface area contributed by atoms with E-state index in [4.69, 9.17) is 16.0 Å². The molecule has 0 spiro atoms. The Morgan fingerprint density at radius 3 is 2.93 bits per heavy atom. The van der Waals surface area contributed by atoms with Gasteiger partial charge in [-0.2, -0.15) is 0 Å². The molecule has 1 N–H and O–H groups in total. The lowest BCUT2D eigenvalue weighted by molar-refractivity contribution is -0.115. The molecule has 1 amide bonds. The van der Waals surface area contributed by atoms with Crippen LogP contribution in [-0.4, -0.2) is 25.9 Å². The van der Waals surface area contributed by atoms with Gasteiger partial charge in [-0.15, -0.1) is 16.8 Å². The molecule has 0 saturated carbocycles. The van der Waals surface area contributed by atoms with Crippen molar-refractivity contribution in [3.8, 4) is 11.4 Å². The maximum Gasteiger partial charge on any atom is 0.237 e. The average Bonchev–Trinajstić information content (AvgIpc) is 3.21. The molecule has 0 radical (unpaired) electrons. The number of benzene rings is 1. The Labute approximate surface area is 166 Å². The maximum absolute atomic E-state index is 12.5. The van der Waals surface area contributed by atoms with Crippen molar-refractivity contribution in [2.45, 2.75) is 30.8 Å². The van der Waals surface area contributed by atoms with Crippen molar-refractivity contribution in [2.24, 2.45) is 0 Å². The fourth-order valence-corrected chi connectivity index (χ4v) is 3.56. The Morgan fingerprint density at radius 1 is 1.44 bits per heavy atom. The number of furan rings is 1.